The molecule has 0 radical (unpaired) electrons. The summed E-state index contributed by atoms with van der Waals surface area (Å²) in [5.41, 5.74) is -0.140. The lowest BCUT2D eigenvalue weighted by Crippen LogP contribution is -2.25. The molecule has 0 spiro atoms. The summed E-state index contributed by atoms with van der Waals surface area (Å²) in [5, 5.41) is 18.2. The average molecular weight is 250 g/mol. The van der Waals surface area contributed by atoms with Crippen LogP contribution in [-0.4, -0.2) is 29.3 Å². The van der Waals surface area contributed by atoms with Crippen molar-refractivity contribution in [1.82, 2.24) is 0 Å². The molecule has 0 aliphatic heterocycles. The zero-order chi connectivity index (χ0) is 13.3. The molecule has 0 aromatic heterocycles. The van der Waals surface area contributed by atoms with Gasteiger partial charge in [-0.15, -0.1) is 0 Å². The molecule has 2 unspecified atom stereocenters. The Balaban J connectivity index is 2.20. The van der Waals surface area contributed by atoms with E-state index < -0.39 is 23.3 Å². The number of benzene rings is 1. The zero-order valence-electron chi connectivity index (χ0n) is 9.92. The van der Waals surface area contributed by atoms with Crippen LogP contribution in [0, 0.1) is 11.3 Å². The lowest BCUT2D eigenvalue weighted by atomic mass is 9.94. The second-order valence-corrected chi connectivity index (χ2v) is 4.59. The topological polar surface area (TPSA) is 83.8 Å². The number of carbonyl (C=O) groups excluding carboxylic acids is 1. The SMILES string of the molecule is COC(=O)C1(Cc2ccc(O)cc2)CC1C(=O)O. The minimum Gasteiger partial charge on any atom is -0.508 e. The van der Waals surface area contributed by atoms with Crippen LogP contribution in [0.5, 0.6) is 5.75 Å². The van der Waals surface area contributed by atoms with Gasteiger partial charge in [0.05, 0.1) is 18.4 Å². The molecule has 5 nitrogen and oxygen atoms in total. The minimum absolute atomic E-state index is 0.136. The molecule has 1 saturated carbocycles. The van der Waals surface area contributed by atoms with E-state index in [0.29, 0.717) is 12.8 Å². The van der Waals surface area contributed by atoms with Gasteiger partial charge in [0.1, 0.15) is 5.75 Å². The Labute approximate surface area is 104 Å². The van der Waals surface area contributed by atoms with Crippen molar-refractivity contribution in [3.8, 4) is 5.75 Å². The molecule has 5 heteroatoms. The molecule has 96 valence electrons. The number of rotatable bonds is 4. The number of aromatic hydroxyl groups is 1. The first-order valence-electron chi connectivity index (χ1n) is 5.59. The maximum absolute atomic E-state index is 11.7. The lowest BCUT2D eigenvalue weighted by Gasteiger charge is -2.13. The molecule has 1 aromatic carbocycles. The highest BCUT2D eigenvalue weighted by atomic mass is 16.5. The highest BCUT2D eigenvalue weighted by Crippen LogP contribution is 2.55. The smallest absolute Gasteiger partial charge is 0.313 e. The van der Waals surface area contributed by atoms with Gasteiger partial charge in [-0.1, -0.05) is 12.1 Å². The first-order chi connectivity index (χ1) is 8.49. The monoisotopic (exact) mass is 250 g/mol. The third-order valence-electron chi connectivity index (χ3n) is 3.42. The van der Waals surface area contributed by atoms with Crippen molar-refractivity contribution in [2.24, 2.45) is 11.3 Å². The summed E-state index contributed by atoms with van der Waals surface area (Å²) in [5.74, 6) is -2.00. The van der Waals surface area contributed by atoms with Crippen LogP contribution in [0.2, 0.25) is 0 Å². The van der Waals surface area contributed by atoms with E-state index >= 15 is 0 Å². The van der Waals surface area contributed by atoms with Crippen molar-refractivity contribution >= 4 is 11.9 Å². The van der Waals surface area contributed by atoms with Gasteiger partial charge in [-0.3, -0.25) is 9.59 Å². The van der Waals surface area contributed by atoms with Gasteiger partial charge in [0.15, 0.2) is 0 Å². The number of esters is 1. The summed E-state index contributed by atoms with van der Waals surface area (Å²) in [6.45, 7) is 0. The van der Waals surface area contributed by atoms with Crippen molar-refractivity contribution in [2.45, 2.75) is 12.8 Å². The molecular weight excluding hydrogens is 236 g/mol. The van der Waals surface area contributed by atoms with Gasteiger partial charge in [-0.25, -0.2) is 0 Å². The van der Waals surface area contributed by atoms with E-state index in [1.807, 2.05) is 0 Å². The molecule has 1 aliphatic carbocycles. The molecule has 0 saturated heterocycles. The van der Waals surface area contributed by atoms with Crippen LogP contribution in [0.3, 0.4) is 0 Å². The number of ether oxygens (including phenoxy) is 1. The van der Waals surface area contributed by atoms with Crippen molar-refractivity contribution in [2.75, 3.05) is 7.11 Å². The van der Waals surface area contributed by atoms with Crippen molar-refractivity contribution in [3.63, 3.8) is 0 Å². The maximum Gasteiger partial charge on any atom is 0.313 e. The predicted octanol–water partition coefficient (Wildman–Crippen LogP) is 1.20. The van der Waals surface area contributed by atoms with E-state index in [9.17, 15) is 14.7 Å². The molecule has 2 N–H and O–H groups in total. The van der Waals surface area contributed by atoms with Crippen molar-refractivity contribution in [3.05, 3.63) is 29.8 Å². The third kappa shape index (κ3) is 2.03. The Hall–Kier alpha value is -2.04. The lowest BCUT2D eigenvalue weighted by molar-refractivity contribution is -0.151. The molecule has 2 rings (SSSR count). The highest BCUT2D eigenvalue weighted by molar-refractivity contribution is 5.90. The van der Waals surface area contributed by atoms with Gasteiger partial charge in [0, 0.05) is 0 Å². The highest BCUT2D eigenvalue weighted by Gasteiger charge is 2.64. The van der Waals surface area contributed by atoms with E-state index in [1.54, 1.807) is 12.1 Å². The summed E-state index contributed by atoms with van der Waals surface area (Å²) in [7, 11) is 1.26. The van der Waals surface area contributed by atoms with Crippen molar-refractivity contribution < 1.29 is 24.5 Å². The van der Waals surface area contributed by atoms with E-state index in [0.717, 1.165) is 5.56 Å². The number of carboxylic acids is 1. The maximum atomic E-state index is 11.7. The molecule has 0 bridgehead atoms. The van der Waals surface area contributed by atoms with E-state index in [-0.39, 0.29) is 5.75 Å². The average Bonchev–Trinajstić information content (AvgIpc) is 3.07. The summed E-state index contributed by atoms with van der Waals surface area (Å²) < 4.78 is 4.70. The van der Waals surface area contributed by atoms with Gasteiger partial charge in [-0.05, 0) is 30.5 Å². The Morgan fingerprint density at radius 3 is 2.44 bits per heavy atom. The number of carboxylic acid groups (broad SMARTS) is 1. The van der Waals surface area contributed by atoms with Crippen molar-refractivity contribution in [1.29, 1.82) is 0 Å². The second kappa shape index (κ2) is 4.33. The number of carbonyl (C=O) groups is 2. The quantitative estimate of drug-likeness (QED) is 0.784. The van der Waals surface area contributed by atoms with Gasteiger partial charge in [-0.2, -0.15) is 0 Å². The van der Waals surface area contributed by atoms with E-state index in [1.165, 1.54) is 19.2 Å². The summed E-state index contributed by atoms with van der Waals surface area (Å²) >= 11 is 0. The normalized spacial score (nSPS) is 25.5. The largest absolute Gasteiger partial charge is 0.508 e. The number of phenols is 1. The Morgan fingerprint density at radius 2 is 2.00 bits per heavy atom. The number of aliphatic carboxylic acids is 1. The van der Waals surface area contributed by atoms with Gasteiger partial charge < -0.3 is 14.9 Å². The fraction of sp³-hybridized carbons (Fsp3) is 0.385. The van der Waals surface area contributed by atoms with Crippen LogP contribution >= 0.6 is 0 Å². The first-order valence-corrected chi connectivity index (χ1v) is 5.59. The number of phenolic OH excluding ortho intramolecular Hbond substituents is 1. The summed E-state index contributed by atoms with van der Waals surface area (Å²) in [4.78, 5) is 22.7. The molecule has 0 amide bonds. The third-order valence-corrected chi connectivity index (χ3v) is 3.42. The fourth-order valence-electron chi connectivity index (χ4n) is 2.30. The standard InChI is InChI=1S/C13H14O5/c1-18-12(17)13(7-10(13)11(15)16)6-8-2-4-9(14)5-3-8/h2-5,10,14H,6-7H2,1H3,(H,15,16). The van der Waals surface area contributed by atoms with Gasteiger partial charge >= 0.3 is 11.9 Å². The molecule has 1 fully saturated rings. The van der Waals surface area contributed by atoms with Gasteiger partial charge in [0.25, 0.3) is 0 Å². The van der Waals surface area contributed by atoms with Crippen LogP contribution in [0.4, 0.5) is 0 Å². The fourth-order valence-corrected chi connectivity index (χ4v) is 2.30. The van der Waals surface area contributed by atoms with E-state index in [4.69, 9.17) is 9.84 Å². The van der Waals surface area contributed by atoms with Crippen LogP contribution in [0.25, 0.3) is 0 Å². The Kier molecular flexibility index (Phi) is 2.98. The summed E-state index contributed by atoms with van der Waals surface area (Å²) in [6.07, 6.45) is 0.618. The molecule has 18 heavy (non-hydrogen) atoms. The Morgan fingerprint density at radius 1 is 1.39 bits per heavy atom. The zero-order valence-corrected chi connectivity index (χ0v) is 9.92. The van der Waals surface area contributed by atoms with E-state index in [2.05, 4.69) is 0 Å². The van der Waals surface area contributed by atoms with Crippen LogP contribution < -0.4 is 0 Å². The molecular formula is C13H14O5. The molecule has 0 heterocycles. The van der Waals surface area contributed by atoms with Crippen LogP contribution in [0.1, 0.15) is 12.0 Å². The van der Waals surface area contributed by atoms with Crippen LogP contribution in [0.15, 0.2) is 24.3 Å². The molecule has 1 aliphatic rings. The van der Waals surface area contributed by atoms with Crippen LogP contribution in [-0.2, 0) is 20.7 Å². The first kappa shape index (κ1) is 12.4. The number of methoxy groups -OCH3 is 1. The van der Waals surface area contributed by atoms with Gasteiger partial charge in [0.2, 0.25) is 0 Å². The molecule has 1 aromatic rings. The second-order valence-electron chi connectivity index (χ2n) is 4.59. The number of hydrogen-bond acceptors (Lipinski definition) is 4. The summed E-state index contributed by atoms with van der Waals surface area (Å²) in [6, 6.07) is 6.38. The Bertz CT molecular complexity index is 479. The minimum atomic E-state index is -0.973. The predicted molar refractivity (Wildman–Crippen MR) is 62.0 cm³/mol. The molecule has 2 atom stereocenters. The number of hydrogen-bond donors (Lipinski definition) is 2.